The van der Waals surface area contributed by atoms with Gasteiger partial charge in [0, 0.05) is 5.56 Å². The van der Waals surface area contributed by atoms with E-state index >= 15 is 0 Å². The van der Waals surface area contributed by atoms with Crippen LogP contribution in [0, 0.1) is 5.92 Å². The molecule has 1 aliphatic heterocycles. The van der Waals surface area contributed by atoms with Gasteiger partial charge in [0.2, 0.25) is 11.8 Å². The van der Waals surface area contributed by atoms with Crippen molar-refractivity contribution in [1.82, 2.24) is 9.97 Å². The molecule has 1 aromatic heterocycles. The number of benzene rings is 1. The second kappa shape index (κ2) is 6.35. The van der Waals surface area contributed by atoms with Crippen molar-refractivity contribution in [3.05, 3.63) is 35.4 Å². The Bertz CT molecular complexity index is 753. The van der Waals surface area contributed by atoms with Crippen molar-refractivity contribution >= 4 is 5.97 Å². The number of ether oxygens (including phenoxy) is 4. The van der Waals surface area contributed by atoms with Crippen LogP contribution < -0.4 is 14.2 Å². The van der Waals surface area contributed by atoms with Crippen LogP contribution >= 0.6 is 0 Å². The first kappa shape index (κ1) is 16.0. The molecule has 0 spiro atoms. The van der Waals surface area contributed by atoms with Crippen LogP contribution in [0.25, 0.3) is 0 Å². The summed E-state index contributed by atoms with van der Waals surface area (Å²) in [5.41, 5.74) is 1.21. The van der Waals surface area contributed by atoms with Gasteiger partial charge in [0.05, 0.1) is 20.3 Å². The average Bonchev–Trinajstić information content (AvgIpc) is 2.92. The molecule has 24 heavy (non-hydrogen) atoms. The zero-order valence-electron chi connectivity index (χ0n) is 13.9. The Balaban J connectivity index is 1.99. The van der Waals surface area contributed by atoms with E-state index in [1.54, 1.807) is 6.07 Å². The molecule has 1 aliphatic rings. The van der Waals surface area contributed by atoms with Gasteiger partial charge in [0.1, 0.15) is 17.4 Å². The Labute approximate surface area is 139 Å². The highest BCUT2D eigenvalue weighted by molar-refractivity contribution is 5.97. The highest BCUT2D eigenvalue weighted by Gasteiger charge is 2.36. The number of fused-ring (bicyclic) bond motifs is 1. The molecule has 0 amide bonds. The molecule has 0 N–H and O–H groups in total. The Morgan fingerprint density at radius 2 is 1.79 bits per heavy atom. The van der Waals surface area contributed by atoms with Crippen molar-refractivity contribution in [3.8, 4) is 23.5 Å². The Kier molecular flexibility index (Phi) is 4.24. The monoisotopic (exact) mass is 330 g/mol. The number of hydrogen-bond donors (Lipinski definition) is 0. The molecule has 2 aromatic rings. The van der Waals surface area contributed by atoms with E-state index in [0.717, 1.165) is 5.56 Å². The quantitative estimate of drug-likeness (QED) is 0.779. The van der Waals surface area contributed by atoms with Gasteiger partial charge in [0.15, 0.2) is 0 Å². The first-order valence-electron chi connectivity index (χ1n) is 7.52. The molecule has 0 radical (unpaired) electrons. The molecule has 1 atom stereocenters. The number of hydrogen-bond acceptors (Lipinski definition) is 7. The van der Waals surface area contributed by atoms with E-state index in [-0.39, 0.29) is 18.0 Å². The van der Waals surface area contributed by atoms with Gasteiger partial charge < -0.3 is 18.9 Å². The highest BCUT2D eigenvalue weighted by Crippen LogP contribution is 2.41. The first-order chi connectivity index (χ1) is 11.5. The molecule has 0 bridgehead atoms. The standard InChI is InChI=1S/C17H18N2O5/c1-9(2)15-10-6-5-7-11(14(10)16(20)24-15)23-17-18-12(21-3)8-13(19-17)22-4/h5-9,15H,1-4H3. The van der Waals surface area contributed by atoms with E-state index in [4.69, 9.17) is 18.9 Å². The van der Waals surface area contributed by atoms with Crippen molar-refractivity contribution in [2.24, 2.45) is 5.92 Å². The Morgan fingerprint density at radius 1 is 1.12 bits per heavy atom. The van der Waals surface area contributed by atoms with E-state index in [9.17, 15) is 4.79 Å². The summed E-state index contributed by atoms with van der Waals surface area (Å²) in [6.07, 6.45) is -0.281. The maximum atomic E-state index is 12.2. The molecular formula is C17H18N2O5. The van der Waals surface area contributed by atoms with Crippen LogP contribution in [0.2, 0.25) is 0 Å². The minimum absolute atomic E-state index is 0.0281. The second-order valence-electron chi connectivity index (χ2n) is 5.63. The lowest BCUT2D eigenvalue weighted by Gasteiger charge is -2.14. The summed E-state index contributed by atoms with van der Waals surface area (Å²) in [4.78, 5) is 20.5. The zero-order chi connectivity index (χ0) is 17.3. The molecule has 3 rings (SSSR count). The van der Waals surface area contributed by atoms with Gasteiger partial charge in [-0.15, -0.1) is 0 Å². The predicted molar refractivity (Wildman–Crippen MR) is 84.6 cm³/mol. The van der Waals surface area contributed by atoms with E-state index in [1.165, 1.54) is 20.3 Å². The molecule has 2 heterocycles. The third-order valence-corrected chi connectivity index (χ3v) is 3.69. The van der Waals surface area contributed by atoms with Crippen LogP contribution in [0.3, 0.4) is 0 Å². The molecule has 7 nitrogen and oxygen atoms in total. The summed E-state index contributed by atoms with van der Waals surface area (Å²) in [5.74, 6) is 0.697. The van der Waals surface area contributed by atoms with Gasteiger partial charge in [-0.2, -0.15) is 9.97 Å². The smallest absolute Gasteiger partial charge is 0.343 e. The number of nitrogens with zero attached hydrogens (tertiary/aromatic N) is 2. The number of cyclic esters (lactones) is 1. The maximum Gasteiger partial charge on any atom is 0.343 e. The molecule has 0 aliphatic carbocycles. The number of carbonyl (C=O) groups excluding carboxylic acids is 1. The van der Waals surface area contributed by atoms with Crippen LogP contribution in [0.15, 0.2) is 24.3 Å². The lowest BCUT2D eigenvalue weighted by atomic mass is 9.97. The third-order valence-electron chi connectivity index (χ3n) is 3.69. The highest BCUT2D eigenvalue weighted by atomic mass is 16.6. The molecule has 1 aromatic carbocycles. The van der Waals surface area contributed by atoms with Gasteiger partial charge in [-0.1, -0.05) is 26.0 Å². The van der Waals surface area contributed by atoms with E-state index in [1.807, 2.05) is 26.0 Å². The summed E-state index contributed by atoms with van der Waals surface area (Å²) in [7, 11) is 2.97. The predicted octanol–water partition coefficient (Wildman–Crippen LogP) is 3.15. The van der Waals surface area contributed by atoms with Gasteiger partial charge in [-0.05, 0) is 12.0 Å². The Morgan fingerprint density at radius 3 is 2.38 bits per heavy atom. The molecule has 1 unspecified atom stereocenters. The second-order valence-corrected chi connectivity index (χ2v) is 5.63. The summed E-state index contributed by atoms with van der Waals surface area (Å²) >= 11 is 0. The molecular weight excluding hydrogens is 312 g/mol. The molecule has 0 saturated carbocycles. The van der Waals surface area contributed by atoms with Crippen LogP contribution in [-0.4, -0.2) is 30.2 Å². The minimum atomic E-state index is -0.408. The number of aromatic nitrogens is 2. The average molecular weight is 330 g/mol. The van der Waals surface area contributed by atoms with Crippen LogP contribution in [0.1, 0.15) is 35.9 Å². The van der Waals surface area contributed by atoms with Gasteiger partial charge in [-0.25, -0.2) is 4.79 Å². The maximum absolute atomic E-state index is 12.2. The van der Waals surface area contributed by atoms with Crippen LogP contribution in [0.4, 0.5) is 0 Å². The molecule has 0 fully saturated rings. The van der Waals surface area contributed by atoms with Crippen molar-refractivity contribution < 1.29 is 23.7 Å². The fourth-order valence-corrected chi connectivity index (χ4v) is 2.56. The van der Waals surface area contributed by atoms with E-state index < -0.39 is 5.97 Å². The van der Waals surface area contributed by atoms with Crippen LogP contribution in [-0.2, 0) is 4.74 Å². The minimum Gasteiger partial charge on any atom is -0.481 e. The summed E-state index contributed by atoms with van der Waals surface area (Å²) in [6, 6.07) is 6.91. The zero-order valence-corrected chi connectivity index (χ0v) is 13.9. The fourth-order valence-electron chi connectivity index (χ4n) is 2.56. The number of rotatable bonds is 5. The lowest BCUT2D eigenvalue weighted by molar-refractivity contribution is 0.0279. The van der Waals surface area contributed by atoms with Crippen molar-refractivity contribution in [2.45, 2.75) is 20.0 Å². The summed E-state index contributed by atoms with van der Waals surface area (Å²) in [5, 5.41) is 0. The molecule has 126 valence electrons. The number of methoxy groups -OCH3 is 2. The fraction of sp³-hybridized carbons (Fsp3) is 0.353. The van der Waals surface area contributed by atoms with E-state index in [0.29, 0.717) is 23.1 Å². The number of carbonyl (C=O) groups is 1. The largest absolute Gasteiger partial charge is 0.481 e. The molecule has 7 heteroatoms. The Hall–Kier alpha value is -2.83. The summed E-state index contributed by atoms with van der Waals surface area (Å²) < 4.78 is 21.4. The van der Waals surface area contributed by atoms with Crippen molar-refractivity contribution in [1.29, 1.82) is 0 Å². The van der Waals surface area contributed by atoms with Gasteiger partial charge in [-0.3, -0.25) is 0 Å². The lowest BCUT2D eigenvalue weighted by Crippen LogP contribution is -2.05. The first-order valence-corrected chi connectivity index (χ1v) is 7.52. The normalized spacial score (nSPS) is 15.9. The summed E-state index contributed by atoms with van der Waals surface area (Å²) in [6.45, 7) is 3.99. The van der Waals surface area contributed by atoms with Gasteiger partial charge in [0.25, 0.3) is 0 Å². The van der Waals surface area contributed by atoms with E-state index in [2.05, 4.69) is 9.97 Å². The third kappa shape index (κ3) is 2.84. The number of esters is 1. The van der Waals surface area contributed by atoms with Crippen LogP contribution in [0.5, 0.6) is 23.5 Å². The SMILES string of the molecule is COc1cc(OC)nc(Oc2cccc3c2C(=O)OC3C(C)C)n1. The van der Waals surface area contributed by atoms with Gasteiger partial charge >= 0.3 is 12.0 Å². The van der Waals surface area contributed by atoms with Crippen molar-refractivity contribution in [3.63, 3.8) is 0 Å². The van der Waals surface area contributed by atoms with Crippen molar-refractivity contribution in [2.75, 3.05) is 14.2 Å². The molecule has 0 saturated heterocycles. The topological polar surface area (TPSA) is 79.8 Å².